The number of hydrogen-bond acceptors (Lipinski definition) is 21. The number of anilines is 2. The quantitative estimate of drug-likeness (QED) is 0.0146. The van der Waals surface area contributed by atoms with Crippen molar-refractivity contribution in [1.82, 2.24) is 35.7 Å². The van der Waals surface area contributed by atoms with Gasteiger partial charge in [-0.1, -0.05) is 30.4 Å². The molecule has 0 radical (unpaired) electrons. The summed E-state index contributed by atoms with van der Waals surface area (Å²) in [6, 6.07) is 15.0. The second-order valence-corrected chi connectivity index (χ2v) is 30.0. The summed E-state index contributed by atoms with van der Waals surface area (Å²) in [5, 5.41) is 22.1. The molecule has 27 nitrogen and oxygen atoms in total. The molecule has 6 heterocycles. The molecule has 34 heteroatoms. The number of carbonyl (C=O) groups excluding carboxylic acids is 9. The summed E-state index contributed by atoms with van der Waals surface area (Å²) < 4.78 is 97.2. The van der Waals surface area contributed by atoms with Gasteiger partial charge in [0.25, 0.3) is 35.1 Å². The number of thioether (sulfide) groups is 2. The van der Waals surface area contributed by atoms with Crippen LogP contribution < -0.4 is 47.0 Å². The molecular weight excluding hydrogens is 1410 g/mol. The number of rotatable bonds is 29. The van der Waals surface area contributed by atoms with Crippen LogP contribution >= 0.6 is 23.5 Å². The minimum Gasteiger partial charge on any atom is -0.485 e. The molecule has 1 aliphatic carbocycles. The van der Waals surface area contributed by atoms with Crippen LogP contribution in [0.4, 0.5) is 33.7 Å². The molecule has 0 unspecified atom stereocenters. The van der Waals surface area contributed by atoms with Gasteiger partial charge in [0, 0.05) is 81.3 Å². The number of carbonyl (C=O) groups is 9. The van der Waals surface area contributed by atoms with Crippen LogP contribution in [0.3, 0.4) is 0 Å². The summed E-state index contributed by atoms with van der Waals surface area (Å²) in [5.41, 5.74) is -0.277. The Morgan fingerprint density at radius 2 is 1.31 bits per heavy atom. The van der Waals surface area contributed by atoms with Crippen molar-refractivity contribution in [3.8, 4) is 17.1 Å². The molecule has 544 valence electrons. The predicted molar refractivity (Wildman–Crippen MR) is 367 cm³/mol. The van der Waals surface area contributed by atoms with Crippen molar-refractivity contribution in [2.24, 2.45) is 0 Å². The fourth-order valence-corrected chi connectivity index (χ4v) is 16.4. The van der Waals surface area contributed by atoms with Gasteiger partial charge in [-0.15, -0.1) is 0 Å². The number of pyridine rings is 2. The van der Waals surface area contributed by atoms with Crippen LogP contribution in [0.25, 0.3) is 22.3 Å². The maximum Gasteiger partial charge on any atom is 0.347 e. The zero-order valence-electron chi connectivity index (χ0n) is 56.0. The smallest absolute Gasteiger partial charge is 0.347 e. The van der Waals surface area contributed by atoms with E-state index in [-0.39, 0.29) is 150 Å². The van der Waals surface area contributed by atoms with Gasteiger partial charge in [-0.2, -0.15) is 0 Å². The standard InChI is InChI=1S/C69H71F4N9O18S2Si/c1-5-103(94)52-32-51-56-45(33-81(51)65(90)46(52)34-100-68(103)93)55-54-44(16-17-69(55,72)73)49(14-15-50(54)78-56)79-62(87)38(4)77-61(86)37(3)76-60(85)36(2)75-53(84)35-98-27-26-96-24-25-97-28-29-99-57-47(70)30-41(31-48(57)71)82-66(91)58(101-42-10-6-39(7-11-42)63(88)74-18-21-83)59(67(82)92)102-43-12-8-40(9-13-43)64(89)80-19-22-95-23-20-80/h6-15,30-32,36-38,83,94H,5,16-29,33-35H2,1-4H3,(H,74,88)(H,75,84)(H,76,85)(H,77,86)(H,79,87)/t36-,37-,38-,103-/m0/s1. The van der Waals surface area contributed by atoms with Crippen LogP contribution in [0.2, 0.25) is 6.04 Å². The number of ether oxygens (including phenoxy) is 6. The van der Waals surface area contributed by atoms with E-state index < -0.39 is 121 Å². The van der Waals surface area contributed by atoms with Gasteiger partial charge in [0.2, 0.25) is 23.6 Å². The van der Waals surface area contributed by atoms with Crippen molar-refractivity contribution in [2.45, 2.75) is 93.6 Å². The minimum atomic E-state index is -3.92. The SMILES string of the molecule is CC[Si@@]1(O)C(=O)OCc2c1cc1n(c2=O)Cc2c-1nc1ccc(NC(=O)[C@H](C)NC(=O)[C@H](C)NC(=O)[C@H](C)NC(=O)COCCOCCOCCOc3c(F)cc(N4C(=O)C(Sc5ccc(C(=O)NCCO)cc5)=C(Sc5ccc(C(=O)N6CCOCC6)cc5)C4=O)cc3F)c3c1c2C(F)(F)CC3. The fraction of sp³-hybridized carbons (Fsp3) is 0.377. The number of aliphatic hydroxyl groups excluding tert-OH is 1. The fourth-order valence-electron chi connectivity index (χ4n) is 12.1. The number of benzene rings is 4. The monoisotopic (exact) mass is 1480 g/mol. The molecule has 4 atom stereocenters. The minimum absolute atomic E-state index is 0.0123. The van der Waals surface area contributed by atoms with E-state index in [9.17, 15) is 52.7 Å². The van der Waals surface area contributed by atoms with Crippen molar-refractivity contribution in [2.75, 3.05) is 95.9 Å². The summed E-state index contributed by atoms with van der Waals surface area (Å²) >= 11 is 1.82. The first-order valence-corrected chi connectivity index (χ1v) is 36.7. The molecular formula is C69H71F4N9O18S2Si. The molecule has 0 bridgehead atoms. The van der Waals surface area contributed by atoms with Gasteiger partial charge in [0.15, 0.2) is 17.4 Å². The van der Waals surface area contributed by atoms with E-state index in [0.29, 0.717) is 52.1 Å². The molecule has 1 fully saturated rings. The van der Waals surface area contributed by atoms with E-state index in [2.05, 4.69) is 26.6 Å². The first-order chi connectivity index (χ1) is 49.3. The average Bonchev–Trinajstić information content (AvgIpc) is 1.62. The highest BCUT2D eigenvalue weighted by Crippen LogP contribution is 2.51. The Morgan fingerprint density at radius 3 is 1.92 bits per heavy atom. The van der Waals surface area contributed by atoms with Gasteiger partial charge >= 0.3 is 13.9 Å². The molecule has 8 amide bonds. The molecule has 6 aromatic rings. The highest BCUT2D eigenvalue weighted by molar-refractivity contribution is 8.08. The second-order valence-electron chi connectivity index (χ2n) is 24.5. The lowest BCUT2D eigenvalue weighted by atomic mass is 9.83. The molecule has 0 spiro atoms. The van der Waals surface area contributed by atoms with Crippen LogP contribution in [0.5, 0.6) is 5.75 Å². The van der Waals surface area contributed by atoms with Crippen LogP contribution in [0.1, 0.15) is 77.1 Å². The summed E-state index contributed by atoms with van der Waals surface area (Å²) in [6.45, 7) is 5.59. The van der Waals surface area contributed by atoms with Crippen molar-refractivity contribution >= 4 is 112 Å². The first kappa shape index (κ1) is 74.8. The Labute approximate surface area is 594 Å². The molecule has 4 aliphatic heterocycles. The average molecular weight is 1480 g/mol. The van der Waals surface area contributed by atoms with E-state index in [1.807, 2.05) is 0 Å². The third kappa shape index (κ3) is 16.1. The van der Waals surface area contributed by atoms with Crippen LogP contribution in [-0.4, -0.2) is 189 Å². The Hall–Kier alpha value is -9.39. The van der Waals surface area contributed by atoms with E-state index in [4.69, 9.17) is 38.5 Å². The topological polar surface area (TPSA) is 351 Å². The molecule has 1 saturated heterocycles. The number of nitrogens with one attached hydrogen (secondary N) is 5. The zero-order valence-corrected chi connectivity index (χ0v) is 58.6. The Bertz CT molecular complexity index is 4470. The number of alkyl halides is 2. The number of hydrogen-bond donors (Lipinski definition) is 7. The Morgan fingerprint density at radius 1 is 0.728 bits per heavy atom. The van der Waals surface area contributed by atoms with Crippen molar-refractivity contribution in [1.29, 1.82) is 0 Å². The van der Waals surface area contributed by atoms with E-state index in [1.165, 1.54) is 55.7 Å². The first-order valence-electron chi connectivity index (χ1n) is 32.9. The molecule has 0 saturated carbocycles. The number of imide groups is 1. The maximum absolute atomic E-state index is 16.2. The van der Waals surface area contributed by atoms with Gasteiger partial charge in [-0.05, 0) is 111 Å². The van der Waals surface area contributed by atoms with Gasteiger partial charge in [0.05, 0.1) is 97.4 Å². The molecule has 4 aromatic carbocycles. The van der Waals surface area contributed by atoms with Crippen molar-refractivity contribution in [3.63, 3.8) is 0 Å². The lowest BCUT2D eigenvalue weighted by Gasteiger charge is -2.29. The molecule has 103 heavy (non-hydrogen) atoms. The summed E-state index contributed by atoms with van der Waals surface area (Å²) in [6.07, 6.45) is -0.802. The van der Waals surface area contributed by atoms with Gasteiger partial charge in [-0.25, -0.2) is 27.4 Å². The number of nitrogens with zero attached hydrogens (tertiary/aromatic N) is 4. The number of aromatic nitrogens is 2. The lowest BCUT2D eigenvalue weighted by molar-refractivity contribution is -0.133. The van der Waals surface area contributed by atoms with Gasteiger partial charge < -0.3 is 74.4 Å². The molecule has 7 N–H and O–H groups in total. The van der Waals surface area contributed by atoms with E-state index in [1.54, 1.807) is 48.2 Å². The van der Waals surface area contributed by atoms with E-state index in [0.717, 1.165) is 35.7 Å². The summed E-state index contributed by atoms with van der Waals surface area (Å²) in [5.74, 6) is -11.9. The zero-order chi connectivity index (χ0) is 73.6. The highest BCUT2D eigenvalue weighted by Gasteiger charge is 2.51. The summed E-state index contributed by atoms with van der Waals surface area (Å²) in [7, 11) is -3.92. The maximum atomic E-state index is 16.2. The van der Waals surface area contributed by atoms with Gasteiger partial charge in [-0.3, -0.25) is 47.9 Å². The number of cyclic esters (lactones) is 1. The number of aliphatic hydroxyl groups is 1. The van der Waals surface area contributed by atoms with E-state index >= 15 is 17.6 Å². The molecule has 11 rings (SSSR count). The Kier molecular flexibility index (Phi) is 23.3. The largest absolute Gasteiger partial charge is 0.485 e. The number of amides is 8. The van der Waals surface area contributed by atoms with Gasteiger partial charge in [0.1, 0.15) is 37.9 Å². The predicted octanol–water partition coefficient (Wildman–Crippen LogP) is 4.58. The highest BCUT2D eigenvalue weighted by atomic mass is 32.2. The third-order valence-corrected chi connectivity index (χ3v) is 23.1. The number of morpholine rings is 1. The van der Waals surface area contributed by atoms with Crippen LogP contribution in [0.15, 0.2) is 103 Å². The second kappa shape index (κ2) is 32.1. The lowest BCUT2D eigenvalue weighted by Crippen LogP contribution is -2.61. The van der Waals surface area contributed by atoms with Crippen LogP contribution in [0, 0.1) is 11.6 Å². The number of halogens is 4. The normalized spacial score (nSPS) is 17.4. The molecule has 2 aromatic heterocycles. The molecule has 5 aliphatic rings. The van der Waals surface area contributed by atoms with Crippen LogP contribution in [-0.2, 0) is 77.9 Å². The number of aryl methyl sites for hydroxylation is 1. The van der Waals surface area contributed by atoms with Crippen molar-refractivity contribution < 1.29 is 99.0 Å². The van der Waals surface area contributed by atoms with Crippen molar-refractivity contribution in [3.05, 3.63) is 144 Å². The third-order valence-electron chi connectivity index (χ3n) is 17.6. The number of fused-ring (bicyclic) bond motifs is 5. The summed E-state index contributed by atoms with van der Waals surface area (Å²) in [4.78, 5) is 152. The Balaban J connectivity index is 0.590.